The van der Waals surface area contributed by atoms with E-state index in [4.69, 9.17) is 5.73 Å². The van der Waals surface area contributed by atoms with Gasteiger partial charge in [0.15, 0.2) is 17.5 Å². The Kier molecular flexibility index (Phi) is 4.30. The van der Waals surface area contributed by atoms with Crippen LogP contribution >= 0.6 is 11.3 Å². The van der Waals surface area contributed by atoms with E-state index in [1.54, 1.807) is 0 Å². The van der Waals surface area contributed by atoms with E-state index in [2.05, 4.69) is 15.5 Å². The lowest BCUT2D eigenvalue weighted by molar-refractivity contribution is 0.102. The Morgan fingerprint density at radius 1 is 1.25 bits per heavy atom. The molecule has 0 bridgehead atoms. The van der Waals surface area contributed by atoms with Crippen molar-refractivity contribution in [3.63, 3.8) is 0 Å². The maximum absolute atomic E-state index is 13.4. The highest BCUT2D eigenvalue weighted by Gasteiger charge is 2.19. The van der Waals surface area contributed by atoms with Crippen LogP contribution in [0.5, 0.6) is 0 Å². The van der Waals surface area contributed by atoms with E-state index in [1.807, 2.05) is 0 Å². The molecule has 0 fully saturated rings. The summed E-state index contributed by atoms with van der Waals surface area (Å²) in [6.45, 7) is 0.375. The predicted octanol–water partition coefficient (Wildman–Crippen LogP) is 1.71. The van der Waals surface area contributed by atoms with Crippen molar-refractivity contribution in [2.45, 2.75) is 6.42 Å². The van der Waals surface area contributed by atoms with Gasteiger partial charge in [-0.2, -0.15) is 0 Å². The predicted molar refractivity (Wildman–Crippen MR) is 66.9 cm³/mol. The van der Waals surface area contributed by atoms with Gasteiger partial charge in [-0.15, -0.1) is 10.2 Å². The number of hydrogen-bond acceptors (Lipinski definition) is 5. The van der Waals surface area contributed by atoms with Crippen molar-refractivity contribution in [1.82, 2.24) is 10.2 Å². The van der Waals surface area contributed by atoms with Gasteiger partial charge in [0.25, 0.3) is 5.91 Å². The molecule has 0 radical (unpaired) electrons. The van der Waals surface area contributed by atoms with Crippen LogP contribution in [0.2, 0.25) is 0 Å². The number of nitrogens with one attached hydrogen (secondary N) is 1. The number of halogens is 3. The van der Waals surface area contributed by atoms with Crippen LogP contribution in [-0.2, 0) is 6.42 Å². The Morgan fingerprint density at radius 3 is 2.70 bits per heavy atom. The lowest BCUT2D eigenvalue weighted by Gasteiger charge is -2.03. The summed E-state index contributed by atoms with van der Waals surface area (Å²) in [6.07, 6.45) is 0.493. The van der Waals surface area contributed by atoms with Gasteiger partial charge < -0.3 is 5.73 Å². The summed E-state index contributed by atoms with van der Waals surface area (Å²) in [6, 6.07) is 1.53. The Labute approximate surface area is 115 Å². The summed E-state index contributed by atoms with van der Waals surface area (Å²) in [5.74, 6) is -5.54. The fourth-order valence-corrected chi connectivity index (χ4v) is 2.14. The molecule has 5 nitrogen and oxygen atoms in total. The molecule has 0 saturated heterocycles. The summed E-state index contributed by atoms with van der Waals surface area (Å²) in [7, 11) is 0. The monoisotopic (exact) mass is 302 g/mol. The van der Waals surface area contributed by atoms with Crippen LogP contribution in [-0.4, -0.2) is 22.6 Å². The SMILES string of the molecule is NCCc1nnc(NC(=O)c2ccc(F)c(F)c2F)s1. The second-order valence-electron chi connectivity index (χ2n) is 3.72. The average molecular weight is 302 g/mol. The maximum Gasteiger partial charge on any atom is 0.260 e. The number of carbonyl (C=O) groups is 1. The lowest BCUT2D eigenvalue weighted by Crippen LogP contribution is -2.15. The van der Waals surface area contributed by atoms with Crippen LogP contribution in [0.3, 0.4) is 0 Å². The van der Waals surface area contributed by atoms with E-state index in [0.29, 0.717) is 24.0 Å². The Hall–Kier alpha value is -2.00. The normalized spacial score (nSPS) is 10.6. The number of rotatable bonds is 4. The van der Waals surface area contributed by atoms with Crippen LogP contribution < -0.4 is 11.1 Å². The minimum Gasteiger partial charge on any atom is -0.330 e. The third-order valence-electron chi connectivity index (χ3n) is 2.33. The van der Waals surface area contributed by atoms with Crippen molar-refractivity contribution in [3.8, 4) is 0 Å². The summed E-state index contributed by atoms with van der Waals surface area (Å²) < 4.78 is 39.2. The number of hydrogen-bond donors (Lipinski definition) is 2. The van der Waals surface area contributed by atoms with Crippen LogP contribution in [0.4, 0.5) is 18.3 Å². The topological polar surface area (TPSA) is 80.9 Å². The van der Waals surface area contributed by atoms with E-state index in [9.17, 15) is 18.0 Å². The van der Waals surface area contributed by atoms with Crippen LogP contribution in [0.15, 0.2) is 12.1 Å². The van der Waals surface area contributed by atoms with Crippen LogP contribution in [0.1, 0.15) is 15.4 Å². The van der Waals surface area contributed by atoms with E-state index >= 15 is 0 Å². The Balaban J connectivity index is 2.17. The number of aromatic nitrogens is 2. The van der Waals surface area contributed by atoms with Crippen LogP contribution in [0, 0.1) is 17.5 Å². The lowest BCUT2D eigenvalue weighted by atomic mass is 10.2. The summed E-state index contributed by atoms with van der Waals surface area (Å²) >= 11 is 1.07. The molecule has 106 valence electrons. The zero-order chi connectivity index (χ0) is 14.7. The fraction of sp³-hybridized carbons (Fsp3) is 0.182. The van der Waals surface area contributed by atoms with Gasteiger partial charge in [0.2, 0.25) is 5.13 Å². The van der Waals surface area contributed by atoms with Crippen molar-refractivity contribution in [3.05, 3.63) is 40.2 Å². The Bertz CT molecular complexity index is 647. The molecule has 0 aliphatic rings. The van der Waals surface area contributed by atoms with Crippen molar-refractivity contribution in [1.29, 1.82) is 0 Å². The highest BCUT2D eigenvalue weighted by Crippen LogP contribution is 2.19. The molecule has 0 aliphatic heterocycles. The van der Waals surface area contributed by atoms with Crippen LogP contribution in [0.25, 0.3) is 0 Å². The number of anilines is 1. The molecule has 1 heterocycles. The standard InChI is InChI=1S/C11H9F3N4OS/c12-6-2-1-5(8(13)9(6)14)10(19)16-11-18-17-7(20-11)3-4-15/h1-2H,3-4,15H2,(H,16,18,19). The molecule has 0 unspecified atom stereocenters. The summed E-state index contributed by atoms with van der Waals surface area (Å²) in [4.78, 5) is 11.7. The van der Waals surface area contributed by atoms with E-state index < -0.39 is 28.9 Å². The first kappa shape index (κ1) is 14.4. The van der Waals surface area contributed by atoms with Crippen molar-refractivity contribution < 1.29 is 18.0 Å². The van der Waals surface area contributed by atoms with Gasteiger partial charge in [-0.05, 0) is 18.7 Å². The minimum absolute atomic E-state index is 0.127. The zero-order valence-corrected chi connectivity index (χ0v) is 10.8. The minimum atomic E-state index is -1.70. The highest BCUT2D eigenvalue weighted by molar-refractivity contribution is 7.15. The third-order valence-corrected chi connectivity index (χ3v) is 3.22. The molecule has 0 saturated carbocycles. The first-order chi connectivity index (χ1) is 9.52. The molecule has 20 heavy (non-hydrogen) atoms. The number of nitrogens with zero attached hydrogens (tertiary/aromatic N) is 2. The second-order valence-corrected chi connectivity index (χ2v) is 4.78. The number of carbonyl (C=O) groups excluding carboxylic acids is 1. The smallest absolute Gasteiger partial charge is 0.260 e. The number of benzene rings is 1. The van der Waals surface area contributed by atoms with Crippen molar-refractivity contribution in [2.24, 2.45) is 5.73 Å². The molecular formula is C11H9F3N4OS. The second kappa shape index (κ2) is 5.97. The summed E-state index contributed by atoms with van der Waals surface area (Å²) in [5, 5.41) is 10.4. The fourth-order valence-electron chi connectivity index (χ4n) is 1.39. The molecule has 0 aliphatic carbocycles. The average Bonchev–Trinajstić information content (AvgIpc) is 2.84. The van der Waals surface area contributed by atoms with Crippen molar-refractivity contribution in [2.75, 3.05) is 11.9 Å². The number of amides is 1. The van der Waals surface area contributed by atoms with E-state index in [0.717, 1.165) is 17.4 Å². The van der Waals surface area contributed by atoms with Gasteiger partial charge in [-0.25, -0.2) is 13.2 Å². The van der Waals surface area contributed by atoms with E-state index in [1.165, 1.54) is 0 Å². The molecule has 2 aromatic rings. The van der Waals surface area contributed by atoms with Gasteiger partial charge >= 0.3 is 0 Å². The molecule has 3 N–H and O–H groups in total. The molecule has 2 rings (SSSR count). The molecule has 9 heteroatoms. The molecular weight excluding hydrogens is 293 g/mol. The Morgan fingerprint density at radius 2 is 2.00 bits per heavy atom. The molecule has 1 aromatic heterocycles. The maximum atomic E-state index is 13.4. The van der Waals surface area contributed by atoms with Gasteiger partial charge in [0.05, 0.1) is 5.56 Å². The largest absolute Gasteiger partial charge is 0.330 e. The third kappa shape index (κ3) is 2.94. The molecule has 1 aromatic carbocycles. The summed E-state index contributed by atoms with van der Waals surface area (Å²) in [5.41, 5.74) is 4.73. The first-order valence-corrected chi connectivity index (χ1v) is 6.32. The van der Waals surface area contributed by atoms with Gasteiger partial charge in [0, 0.05) is 6.42 Å². The van der Waals surface area contributed by atoms with Gasteiger partial charge in [-0.3, -0.25) is 10.1 Å². The van der Waals surface area contributed by atoms with Crippen molar-refractivity contribution >= 4 is 22.4 Å². The highest BCUT2D eigenvalue weighted by atomic mass is 32.1. The first-order valence-electron chi connectivity index (χ1n) is 5.50. The molecule has 0 atom stereocenters. The molecule has 0 spiro atoms. The van der Waals surface area contributed by atoms with Gasteiger partial charge in [-0.1, -0.05) is 11.3 Å². The quantitative estimate of drug-likeness (QED) is 0.843. The molecule has 1 amide bonds. The number of nitrogens with two attached hydrogens (primary N) is 1. The zero-order valence-electron chi connectivity index (χ0n) is 9.99. The van der Waals surface area contributed by atoms with Gasteiger partial charge in [0.1, 0.15) is 5.01 Å². The van der Waals surface area contributed by atoms with E-state index in [-0.39, 0.29) is 5.13 Å².